The molecule has 0 saturated heterocycles. The van der Waals surface area contributed by atoms with Crippen LogP contribution in [0.3, 0.4) is 0 Å². The van der Waals surface area contributed by atoms with Crippen molar-refractivity contribution in [2.75, 3.05) is 13.1 Å². The molecule has 9 N–H and O–H groups in total. The molecule has 0 heterocycles. The monoisotopic (exact) mass is 587 g/mol. The zero-order chi connectivity index (χ0) is 31.0. The molecule has 12 nitrogen and oxygen atoms in total. The standard InChI is InChI=1S/C31H37N7O5/c32-30(33)34-17-7-12-25(38-29(42)27(23-8-3-1-4-9-23)24-10-5-2-6-11-24)28(41)35-18-21-13-15-22(16-14-21)19-36-31(43)37-20-26(39)40/h1-6,8-11,13-16,25,27H,7,12,17-20H2,(H,35,41)(H,38,42)(H,39,40)(H4,32,33,34)(H2,36,37,43)/t25-/m1/s1. The summed E-state index contributed by atoms with van der Waals surface area (Å²) in [4.78, 5) is 49.2. The number of hydrogen-bond acceptors (Lipinski definition) is 5. The van der Waals surface area contributed by atoms with Crippen LogP contribution in [0.15, 0.2) is 84.9 Å². The van der Waals surface area contributed by atoms with Gasteiger partial charge < -0.3 is 37.4 Å². The summed E-state index contributed by atoms with van der Waals surface area (Å²) < 4.78 is 0. The van der Waals surface area contributed by atoms with Crippen molar-refractivity contribution >= 4 is 29.8 Å². The number of nitrogens with one attached hydrogen (secondary N) is 6. The highest BCUT2D eigenvalue weighted by Gasteiger charge is 2.27. The molecule has 3 aromatic rings. The van der Waals surface area contributed by atoms with Crippen LogP contribution in [0.1, 0.15) is 41.0 Å². The number of guanidine groups is 1. The second kappa shape index (κ2) is 16.8. The number of urea groups is 1. The number of carboxylic acids is 1. The molecule has 1 atom stereocenters. The molecule has 0 radical (unpaired) electrons. The molecule has 0 aromatic heterocycles. The Labute approximate surface area is 250 Å². The molecule has 0 aliphatic heterocycles. The van der Waals surface area contributed by atoms with Crippen LogP contribution < -0.4 is 32.3 Å². The van der Waals surface area contributed by atoms with Gasteiger partial charge in [0.15, 0.2) is 5.96 Å². The van der Waals surface area contributed by atoms with Crippen LogP contribution in [0.2, 0.25) is 0 Å². The minimum atomic E-state index is -1.14. The van der Waals surface area contributed by atoms with Crippen molar-refractivity contribution < 1.29 is 24.3 Å². The largest absolute Gasteiger partial charge is 0.480 e. The quantitative estimate of drug-likeness (QED) is 0.0752. The maximum absolute atomic E-state index is 13.7. The summed E-state index contributed by atoms with van der Waals surface area (Å²) in [5, 5.41) is 29.3. The van der Waals surface area contributed by atoms with Crippen molar-refractivity contribution in [2.45, 2.75) is 37.9 Å². The van der Waals surface area contributed by atoms with Gasteiger partial charge in [-0.3, -0.25) is 19.8 Å². The molecular weight excluding hydrogens is 550 g/mol. The van der Waals surface area contributed by atoms with Crippen LogP contribution in [-0.4, -0.2) is 54.0 Å². The summed E-state index contributed by atoms with van der Waals surface area (Å²) >= 11 is 0. The first-order valence-corrected chi connectivity index (χ1v) is 13.8. The van der Waals surface area contributed by atoms with Gasteiger partial charge in [-0.2, -0.15) is 0 Å². The van der Waals surface area contributed by atoms with Gasteiger partial charge in [0.05, 0.1) is 5.92 Å². The van der Waals surface area contributed by atoms with Crippen LogP contribution in [0.25, 0.3) is 0 Å². The van der Waals surface area contributed by atoms with E-state index in [4.69, 9.17) is 16.2 Å². The number of amides is 4. The average Bonchev–Trinajstić information content (AvgIpc) is 3.00. The van der Waals surface area contributed by atoms with Gasteiger partial charge in [-0.1, -0.05) is 84.9 Å². The van der Waals surface area contributed by atoms with Crippen molar-refractivity contribution in [2.24, 2.45) is 5.73 Å². The van der Waals surface area contributed by atoms with E-state index < -0.39 is 30.5 Å². The van der Waals surface area contributed by atoms with Crippen molar-refractivity contribution in [1.82, 2.24) is 26.6 Å². The molecule has 0 fully saturated rings. The van der Waals surface area contributed by atoms with Gasteiger partial charge in [0.2, 0.25) is 11.8 Å². The SMILES string of the molecule is N=C(N)NCCC[C@@H](NC(=O)C(c1ccccc1)c1ccccc1)C(=O)NCc1ccc(CNC(=O)NCC(=O)O)cc1. The summed E-state index contributed by atoms with van der Waals surface area (Å²) in [6.45, 7) is 0.312. The number of hydrogen-bond donors (Lipinski definition) is 8. The summed E-state index contributed by atoms with van der Waals surface area (Å²) in [7, 11) is 0. The fourth-order valence-corrected chi connectivity index (χ4v) is 4.33. The molecule has 4 amide bonds. The molecule has 0 unspecified atom stereocenters. The zero-order valence-corrected chi connectivity index (χ0v) is 23.6. The van der Waals surface area contributed by atoms with E-state index in [0.717, 1.165) is 22.3 Å². The van der Waals surface area contributed by atoms with E-state index in [2.05, 4.69) is 26.6 Å². The summed E-state index contributed by atoms with van der Waals surface area (Å²) in [5.74, 6) is -2.57. The Morgan fingerprint density at radius 2 is 1.26 bits per heavy atom. The summed E-state index contributed by atoms with van der Waals surface area (Å²) in [5.41, 5.74) is 8.58. The van der Waals surface area contributed by atoms with E-state index in [1.165, 1.54) is 0 Å². The van der Waals surface area contributed by atoms with E-state index in [-0.39, 0.29) is 30.9 Å². The van der Waals surface area contributed by atoms with Crippen LogP contribution in [-0.2, 0) is 27.5 Å². The van der Waals surface area contributed by atoms with Gasteiger partial charge >= 0.3 is 12.0 Å². The molecule has 3 aromatic carbocycles. The number of carbonyl (C=O) groups excluding carboxylic acids is 3. The number of carbonyl (C=O) groups is 4. The van der Waals surface area contributed by atoms with E-state index in [1.807, 2.05) is 60.7 Å². The highest BCUT2D eigenvalue weighted by molar-refractivity contribution is 5.92. The second-order valence-corrected chi connectivity index (χ2v) is 9.76. The lowest BCUT2D eigenvalue weighted by atomic mass is 9.90. The Kier molecular flexibility index (Phi) is 12.5. The number of benzene rings is 3. The smallest absolute Gasteiger partial charge is 0.323 e. The van der Waals surface area contributed by atoms with Gasteiger partial charge in [0.25, 0.3) is 0 Å². The molecule has 0 spiro atoms. The lowest BCUT2D eigenvalue weighted by Crippen LogP contribution is -2.48. The second-order valence-electron chi connectivity index (χ2n) is 9.76. The minimum absolute atomic E-state index is 0.169. The lowest BCUT2D eigenvalue weighted by molar-refractivity contribution is -0.135. The van der Waals surface area contributed by atoms with Crippen LogP contribution in [0.4, 0.5) is 4.79 Å². The van der Waals surface area contributed by atoms with Crippen molar-refractivity contribution in [3.63, 3.8) is 0 Å². The average molecular weight is 588 g/mol. The summed E-state index contributed by atoms with van der Waals surface area (Å²) in [6, 6.07) is 24.5. The third-order valence-corrected chi connectivity index (χ3v) is 6.49. The van der Waals surface area contributed by atoms with E-state index in [9.17, 15) is 19.2 Å². The maximum Gasteiger partial charge on any atom is 0.323 e. The first-order valence-electron chi connectivity index (χ1n) is 13.8. The normalized spacial score (nSPS) is 11.2. The molecule has 3 rings (SSSR count). The highest BCUT2D eigenvalue weighted by Crippen LogP contribution is 2.25. The molecule has 0 aliphatic rings. The molecular formula is C31H37N7O5. The third kappa shape index (κ3) is 11.2. The number of aliphatic carboxylic acids is 1. The third-order valence-electron chi connectivity index (χ3n) is 6.49. The van der Waals surface area contributed by atoms with Crippen molar-refractivity contribution in [3.8, 4) is 0 Å². The van der Waals surface area contributed by atoms with Gasteiger partial charge in [0.1, 0.15) is 12.6 Å². The molecule has 0 saturated carbocycles. The van der Waals surface area contributed by atoms with Crippen LogP contribution in [0.5, 0.6) is 0 Å². The Bertz CT molecular complexity index is 1330. The van der Waals surface area contributed by atoms with E-state index in [0.29, 0.717) is 19.4 Å². The molecule has 0 bridgehead atoms. The molecule has 226 valence electrons. The van der Waals surface area contributed by atoms with Gasteiger partial charge in [-0.15, -0.1) is 0 Å². The maximum atomic E-state index is 13.7. The fraction of sp³-hybridized carbons (Fsp3) is 0.258. The fourth-order valence-electron chi connectivity index (χ4n) is 4.33. The Morgan fingerprint density at radius 1 is 0.721 bits per heavy atom. The predicted octanol–water partition coefficient (Wildman–Crippen LogP) is 1.77. The van der Waals surface area contributed by atoms with Crippen molar-refractivity contribution in [1.29, 1.82) is 5.41 Å². The van der Waals surface area contributed by atoms with Gasteiger partial charge in [0, 0.05) is 19.6 Å². The minimum Gasteiger partial charge on any atom is -0.480 e. The Balaban J connectivity index is 1.64. The van der Waals surface area contributed by atoms with Gasteiger partial charge in [-0.05, 0) is 35.1 Å². The van der Waals surface area contributed by atoms with E-state index in [1.54, 1.807) is 24.3 Å². The van der Waals surface area contributed by atoms with Crippen molar-refractivity contribution in [3.05, 3.63) is 107 Å². The number of rotatable bonds is 15. The molecule has 43 heavy (non-hydrogen) atoms. The predicted molar refractivity (Wildman–Crippen MR) is 162 cm³/mol. The zero-order valence-electron chi connectivity index (χ0n) is 23.6. The number of carboxylic acid groups (broad SMARTS) is 1. The Morgan fingerprint density at radius 3 is 1.77 bits per heavy atom. The first kappa shape index (κ1) is 32.1. The topological polar surface area (TPSA) is 199 Å². The number of nitrogens with two attached hydrogens (primary N) is 1. The molecule has 12 heteroatoms. The van der Waals surface area contributed by atoms with Gasteiger partial charge in [-0.25, -0.2) is 4.79 Å². The summed E-state index contributed by atoms with van der Waals surface area (Å²) in [6.07, 6.45) is 0.809. The first-order chi connectivity index (χ1) is 20.7. The Hall–Kier alpha value is -5.39. The molecule has 0 aliphatic carbocycles. The van der Waals surface area contributed by atoms with Crippen LogP contribution >= 0.6 is 0 Å². The van der Waals surface area contributed by atoms with E-state index >= 15 is 0 Å². The highest BCUT2D eigenvalue weighted by atomic mass is 16.4. The lowest BCUT2D eigenvalue weighted by Gasteiger charge is -2.23. The van der Waals surface area contributed by atoms with Crippen LogP contribution in [0, 0.1) is 5.41 Å².